The van der Waals surface area contributed by atoms with E-state index in [4.69, 9.17) is 5.73 Å². The first-order valence-corrected chi connectivity index (χ1v) is 4.98. The van der Waals surface area contributed by atoms with E-state index in [1.807, 2.05) is 0 Å². The van der Waals surface area contributed by atoms with Crippen LogP contribution >= 0.6 is 0 Å². The number of allylic oxidation sites excluding steroid dienone is 2. The summed E-state index contributed by atoms with van der Waals surface area (Å²) >= 11 is 0. The van der Waals surface area contributed by atoms with E-state index in [0.717, 1.165) is 11.6 Å². The largest absolute Gasteiger partial charge is 0.507 e. The van der Waals surface area contributed by atoms with Crippen molar-refractivity contribution in [3.63, 3.8) is 0 Å². The number of nitrogens with one attached hydrogen (secondary N) is 1. The topological polar surface area (TPSA) is 95.6 Å². The van der Waals surface area contributed by atoms with Gasteiger partial charge in [0.05, 0.1) is 0 Å². The molecular weight excluding hydrogens is 208 g/mol. The van der Waals surface area contributed by atoms with Crippen LogP contribution in [0.2, 0.25) is 0 Å². The number of carbonyl (C=O) groups is 1. The minimum Gasteiger partial charge on any atom is -0.507 e. The van der Waals surface area contributed by atoms with Crippen molar-refractivity contribution in [1.82, 2.24) is 5.32 Å². The molecule has 0 aliphatic heterocycles. The molecule has 16 heavy (non-hydrogen) atoms. The third-order valence-corrected chi connectivity index (χ3v) is 2.36. The van der Waals surface area contributed by atoms with Crippen LogP contribution in [0.1, 0.15) is 12.8 Å². The van der Waals surface area contributed by atoms with Gasteiger partial charge in [-0.15, -0.1) is 0 Å². The molecule has 0 fully saturated rings. The Hall–Kier alpha value is -1.59. The van der Waals surface area contributed by atoms with E-state index in [1.54, 1.807) is 6.08 Å². The Labute approximate surface area is 94.0 Å². The fourth-order valence-corrected chi connectivity index (χ4v) is 1.53. The molecule has 5 nitrogen and oxygen atoms in total. The number of carbonyl (C=O) groups excluding carboxylic acids is 1. The third kappa shape index (κ3) is 2.71. The Morgan fingerprint density at radius 2 is 2.38 bits per heavy atom. The minimum atomic E-state index is -1.75. The summed E-state index contributed by atoms with van der Waals surface area (Å²) in [5.74, 6) is -0.833. The molecule has 1 amide bonds. The van der Waals surface area contributed by atoms with Crippen LogP contribution in [0.4, 0.5) is 0 Å². The molecule has 0 saturated carbocycles. The van der Waals surface area contributed by atoms with Gasteiger partial charge in [0.15, 0.2) is 0 Å². The highest BCUT2D eigenvalue weighted by Crippen LogP contribution is 2.27. The molecule has 1 aliphatic carbocycles. The standard InChI is InChI=1S/C11H16N2O3/c1-2-10(15)13-11(16)7-8(5-6-12)3-4-9(11)14/h2-4,14,16H,1,5-7,12H2,(H,13,15). The van der Waals surface area contributed by atoms with E-state index in [0.29, 0.717) is 13.0 Å². The summed E-state index contributed by atoms with van der Waals surface area (Å²) in [5.41, 5.74) is 4.52. The van der Waals surface area contributed by atoms with Crippen molar-refractivity contribution in [3.05, 3.63) is 36.1 Å². The third-order valence-electron chi connectivity index (χ3n) is 2.36. The van der Waals surface area contributed by atoms with Gasteiger partial charge in [0, 0.05) is 6.42 Å². The fourth-order valence-electron chi connectivity index (χ4n) is 1.53. The van der Waals surface area contributed by atoms with Gasteiger partial charge in [-0.2, -0.15) is 0 Å². The monoisotopic (exact) mass is 224 g/mol. The van der Waals surface area contributed by atoms with Crippen LogP contribution in [-0.2, 0) is 4.79 Å². The lowest BCUT2D eigenvalue weighted by atomic mass is 9.93. The lowest BCUT2D eigenvalue weighted by Gasteiger charge is -2.31. The molecule has 88 valence electrons. The first-order chi connectivity index (χ1) is 7.51. The Morgan fingerprint density at radius 3 is 2.94 bits per heavy atom. The van der Waals surface area contributed by atoms with E-state index in [9.17, 15) is 15.0 Å². The lowest BCUT2D eigenvalue weighted by Crippen LogP contribution is -2.50. The van der Waals surface area contributed by atoms with E-state index < -0.39 is 11.6 Å². The Kier molecular flexibility index (Phi) is 3.87. The first kappa shape index (κ1) is 12.5. The summed E-state index contributed by atoms with van der Waals surface area (Å²) in [6, 6.07) is 0. The Bertz CT molecular complexity index is 360. The Morgan fingerprint density at radius 1 is 1.69 bits per heavy atom. The van der Waals surface area contributed by atoms with Gasteiger partial charge in [0.25, 0.3) is 0 Å². The van der Waals surface area contributed by atoms with Crippen molar-refractivity contribution in [2.24, 2.45) is 5.73 Å². The maximum absolute atomic E-state index is 11.1. The van der Waals surface area contributed by atoms with Crippen molar-refractivity contribution in [2.45, 2.75) is 18.6 Å². The molecule has 0 aromatic heterocycles. The average molecular weight is 224 g/mol. The molecule has 1 unspecified atom stereocenters. The van der Waals surface area contributed by atoms with Crippen LogP contribution < -0.4 is 11.1 Å². The summed E-state index contributed by atoms with van der Waals surface area (Å²) in [6.07, 6.45) is 4.82. The molecule has 0 heterocycles. The molecule has 0 saturated heterocycles. The van der Waals surface area contributed by atoms with Gasteiger partial charge in [0.1, 0.15) is 5.76 Å². The van der Waals surface area contributed by atoms with Crippen LogP contribution in [0, 0.1) is 0 Å². The van der Waals surface area contributed by atoms with Gasteiger partial charge in [0.2, 0.25) is 11.6 Å². The molecule has 1 atom stereocenters. The van der Waals surface area contributed by atoms with Gasteiger partial charge < -0.3 is 21.3 Å². The molecule has 0 aromatic rings. The van der Waals surface area contributed by atoms with Gasteiger partial charge in [-0.3, -0.25) is 4.79 Å². The normalized spacial score (nSPS) is 24.4. The maximum Gasteiger partial charge on any atom is 0.245 e. The van der Waals surface area contributed by atoms with Crippen LogP contribution in [0.5, 0.6) is 0 Å². The number of aliphatic hydroxyl groups is 2. The molecule has 5 heteroatoms. The van der Waals surface area contributed by atoms with E-state index >= 15 is 0 Å². The van der Waals surface area contributed by atoms with E-state index in [1.165, 1.54) is 6.08 Å². The molecule has 1 aliphatic rings. The van der Waals surface area contributed by atoms with Gasteiger partial charge in [-0.25, -0.2) is 0 Å². The van der Waals surface area contributed by atoms with Crippen LogP contribution in [0.3, 0.4) is 0 Å². The number of amides is 1. The number of hydrogen-bond acceptors (Lipinski definition) is 4. The Balaban J connectivity index is 2.82. The number of aliphatic hydroxyl groups excluding tert-OH is 1. The number of hydrogen-bond donors (Lipinski definition) is 4. The summed E-state index contributed by atoms with van der Waals surface area (Å²) in [6.45, 7) is 3.73. The molecular formula is C11H16N2O3. The summed E-state index contributed by atoms with van der Waals surface area (Å²) < 4.78 is 0. The van der Waals surface area contributed by atoms with Crippen LogP contribution in [0.25, 0.3) is 0 Å². The van der Waals surface area contributed by atoms with Gasteiger partial charge in [-0.05, 0) is 25.1 Å². The molecule has 1 rings (SSSR count). The minimum absolute atomic E-state index is 0.131. The lowest BCUT2D eigenvalue weighted by molar-refractivity contribution is -0.123. The molecule has 0 bridgehead atoms. The zero-order valence-corrected chi connectivity index (χ0v) is 8.94. The van der Waals surface area contributed by atoms with Crippen LogP contribution in [0.15, 0.2) is 36.1 Å². The predicted octanol–water partition coefficient (Wildman–Crippen LogP) is 0.0980. The van der Waals surface area contributed by atoms with Gasteiger partial charge >= 0.3 is 0 Å². The zero-order valence-electron chi connectivity index (χ0n) is 8.94. The first-order valence-electron chi connectivity index (χ1n) is 4.98. The highest BCUT2D eigenvalue weighted by atomic mass is 16.4. The summed E-state index contributed by atoms with van der Waals surface area (Å²) in [5, 5.41) is 21.9. The fraction of sp³-hybridized carbons (Fsp3) is 0.364. The average Bonchev–Trinajstić information content (AvgIpc) is 2.24. The van der Waals surface area contributed by atoms with Crippen molar-refractivity contribution in [1.29, 1.82) is 0 Å². The maximum atomic E-state index is 11.1. The van der Waals surface area contributed by atoms with E-state index in [2.05, 4.69) is 11.9 Å². The highest BCUT2D eigenvalue weighted by Gasteiger charge is 2.35. The van der Waals surface area contributed by atoms with Crippen molar-refractivity contribution >= 4 is 5.91 Å². The highest BCUT2D eigenvalue weighted by molar-refractivity contribution is 5.87. The number of nitrogens with two attached hydrogens (primary N) is 1. The number of rotatable bonds is 4. The quantitative estimate of drug-likeness (QED) is 0.402. The van der Waals surface area contributed by atoms with E-state index in [-0.39, 0.29) is 12.2 Å². The second-order valence-corrected chi connectivity index (χ2v) is 3.65. The van der Waals surface area contributed by atoms with Gasteiger partial charge in [-0.1, -0.05) is 18.2 Å². The van der Waals surface area contributed by atoms with Crippen molar-refractivity contribution in [2.75, 3.05) is 6.54 Å². The summed E-state index contributed by atoms with van der Waals surface area (Å²) in [7, 11) is 0. The second-order valence-electron chi connectivity index (χ2n) is 3.65. The predicted molar refractivity (Wildman–Crippen MR) is 60.4 cm³/mol. The second kappa shape index (κ2) is 4.96. The van der Waals surface area contributed by atoms with Crippen molar-refractivity contribution in [3.8, 4) is 0 Å². The van der Waals surface area contributed by atoms with Crippen LogP contribution in [-0.4, -0.2) is 28.4 Å². The molecule has 5 N–H and O–H groups in total. The smallest absolute Gasteiger partial charge is 0.245 e. The SMILES string of the molecule is C=CC(=O)NC1(O)CC(CCN)=CC=C1O. The summed E-state index contributed by atoms with van der Waals surface area (Å²) in [4.78, 5) is 11.1. The molecule has 0 spiro atoms. The molecule has 0 radical (unpaired) electrons. The van der Waals surface area contributed by atoms with Crippen molar-refractivity contribution < 1.29 is 15.0 Å². The molecule has 0 aromatic carbocycles. The zero-order chi connectivity index (χ0) is 12.2.